The van der Waals surface area contributed by atoms with Gasteiger partial charge in [-0.3, -0.25) is 9.79 Å². The number of hydrogen-bond acceptors (Lipinski definition) is 4. The van der Waals surface area contributed by atoms with E-state index in [4.69, 9.17) is 4.42 Å². The number of amides is 1. The average Bonchev–Trinajstić information content (AvgIpc) is 3.30. The van der Waals surface area contributed by atoms with E-state index in [1.807, 2.05) is 37.3 Å². The third-order valence-electron chi connectivity index (χ3n) is 4.17. The molecule has 138 valence electrons. The largest absolute Gasteiger partial charge is 0.467 e. The Bertz CT molecular complexity index is 731. The predicted molar refractivity (Wildman–Crippen MR) is 100.0 cm³/mol. The van der Waals surface area contributed by atoms with Crippen LogP contribution in [0.15, 0.2) is 58.1 Å². The van der Waals surface area contributed by atoms with Gasteiger partial charge in [-0.05, 0) is 31.2 Å². The number of nitrogens with one attached hydrogen (secondary N) is 2. The van der Waals surface area contributed by atoms with Gasteiger partial charge in [-0.25, -0.2) is 0 Å². The molecule has 1 saturated heterocycles. The fourth-order valence-corrected chi connectivity index (χ4v) is 2.92. The van der Waals surface area contributed by atoms with Crippen molar-refractivity contribution in [3.05, 3.63) is 54.5 Å². The van der Waals surface area contributed by atoms with E-state index in [2.05, 4.69) is 15.6 Å². The van der Waals surface area contributed by atoms with Crippen LogP contribution < -0.4 is 15.5 Å². The molecule has 1 aliphatic heterocycles. The molecule has 2 unspecified atom stereocenters. The maximum Gasteiger partial charge on any atom is 0.229 e. The summed E-state index contributed by atoms with van der Waals surface area (Å²) in [5.74, 6) is 1.14. The highest BCUT2D eigenvalue weighted by Gasteiger charge is 2.31. The number of carbonyl (C=O) groups excluding carboxylic acids is 1. The standard InChI is InChI=1S/C19H24N4O3/c1-2-20-19(21-12-16(24)17-9-6-10-26-17)22-14-11-18(25)23(13-14)15-7-4-3-5-8-15/h3-10,14,16,24H,2,11-13H2,1H3,(H2,20,21,22). The molecule has 7 nitrogen and oxygen atoms in total. The Morgan fingerprint density at radius 2 is 2.15 bits per heavy atom. The first kappa shape index (κ1) is 18.0. The minimum absolute atomic E-state index is 0.0405. The van der Waals surface area contributed by atoms with E-state index in [0.29, 0.717) is 31.2 Å². The second kappa shape index (κ2) is 8.53. The number of hydrogen-bond donors (Lipinski definition) is 3. The first-order chi connectivity index (χ1) is 12.7. The molecule has 0 spiro atoms. The van der Waals surface area contributed by atoms with Gasteiger partial charge in [0.2, 0.25) is 5.91 Å². The highest BCUT2D eigenvalue weighted by atomic mass is 16.4. The van der Waals surface area contributed by atoms with Gasteiger partial charge in [-0.2, -0.15) is 0 Å². The summed E-state index contributed by atoms with van der Waals surface area (Å²) in [6.45, 7) is 3.40. The van der Waals surface area contributed by atoms with Gasteiger partial charge in [0.05, 0.1) is 18.8 Å². The Labute approximate surface area is 152 Å². The second-order valence-electron chi connectivity index (χ2n) is 6.14. The number of furan rings is 1. The number of nitrogens with zero attached hydrogens (tertiary/aromatic N) is 2. The summed E-state index contributed by atoms with van der Waals surface area (Å²) in [6, 6.07) is 13.0. The molecule has 2 aromatic rings. The molecule has 0 bridgehead atoms. The first-order valence-corrected chi connectivity index (χ1v) is 8.79. The van der Waals surface area contributed by atoms with Crippen molar-refractivity contribution >= 4 is 17.6 Å². The number of aliphatic hydroxyl groups is 1. The summed E-state index contributed by atoms with van der Waals surface area (Å²) >= 11 is 0. The van der Waals surface area contributed by atoms with Crippen LogP contribution in [-0.2, 0) is 4.79 Å². The predicted octanol–water partition coefficient (Wildman–Crippen LogP) is 1.67. The average molecular weight is 356 g/mol. The van der Waals surface area contributed by atoms with Crippen molar-refractivity contribution in [2.24, 2.45) is 4.99 Å². The number of benzene rings is 1. The lowest BCUT2D eigenvalue weighted by molar-refractivity contribution is -0.117. The van der Waals surface area contributed by atoms with E-state index in [1.165, 1.54) is 6.26 Å². The lowest BCUT2D eigenvalue weighted by Gasteiger charge is -2.19. The van der Waals surface area contributed by atoms with Crippen molar-refractivity contribution in [3.63, 3.8) is 0 Å². The van der Waals surface area contributed by atoms with Crippen molar-refractivity contribution < 1.29 is 14.3 Å². The number of rotatable bonds is 6. The number of para-hydroxylation sites is 1. The van der Waals surface area contributed by atoms with Crippen LogP contribution in [0.25, 0.3) is 0 Å². The monoisotopic (exact) mass is 356 g/mol. The van der Waals surface area contributed by atoms with Gasteiger partial charge in [-0.15, -0.1) is 0 Å². The van der Waals surface area contributed by atoms with Crippen LogP contribution in [0.4, 0.5) is 5.69 Å². The van der Waals surface area contributed by atoms with E-state index < -0.39 is 6.10 Å². The molecule has 3 N–H and O–H groups in total. The van der Waals surface area contributed by atoms with Gasteiger partial charge in [0.1, 0.15) is 11.9 Å². The third kappa shape index (κ3) is 4.43. The lowest BCUT2D eigenvalue weighted by Crippen LogP contribution is -2.44. The summed E-state index contributed by atoms with van der Waals surface area (Å²) in [5, 5.41) is 16.5. The van der Waals surface area contributed by atoms with E-state index in [0.717, 1.165) is 5.69 Å². The third-order valence-corrected chi connectivity index (χ3v) is 4.17. The SMILES string of the molecule is CCNC(=NCC(O)c1ccco1)NC1CC(=O)N(c2ccccc2)C1. The van der Waals surface area contributed by atoms with Gasteiger partial charge < -0.3 is 25.1 Å². The van der Waals surface area contributed by atoms with Crippen LogP contribution in [0.1, 0.15) is 25.2 Å². The Morgan fingerprint density at radius 1 is 1.35 bits per heavy atom. The van der Waals surface area contributed by atoms with Crippen LogP contribution in [0.2, 0.25) is 0 Å². The summed E-state index contributed by atoms with van der Waals surface area (Å²) in [5.41, 5.74) is 0.900. The van der Waals surface area contributed by atoms with Gasteiger partial charge in [-0.1, -0.05) is 18.2 Å². The topological polar surface area (TPSA) is 90.1 Å². The quantitative estimate of drug-likeness (QED) is 0.541. The smallest absolute Gasteiger partial charge is 0.229 e. The summed E-state index contributed by atoms with van der Waals surface area (Å²) in [4.78, 5) is 18.5. The molecule has 0 aliphatic carbocycles. The molecule has 1 fully saturated rings. The molecule has 1 amide bonds. The number of aliphatic hydroxyl groups excluding tert-OH is 1. The molecule has 2 heterocycles. The van der Waals surface area contributed by atoms with Crippen molar-refractivity contribution in [1.82, 2.24) is 10.6 Å². The zero-order chi connectivity index (χ0) is 18.4. The molecule has 1 aliphatic rings. The van der Waals surface area contributed by atoms with Crippen LogP contribution in [0.3, 0.4) is 0 Å². The minimum atomic E-state index is -0.800. The first-order valence-electron chi connectivity index (χ1n) is 8.79. The van der Waals surface area contributed by atoms with E-state index in [9.17, 15) is 9.90 Å². The summed E-state index contributed by atoms with van der Waals surface area (Å²) in [7, 11) is 0. The molecule has 26 heavy (non-hydrogen) atoms. The van der Waals surface area contributed by atoms with Crippen molar-refractivity contribution in [3.8, 4) is 0 Å². The molecular weight excluding hydrogens is 332 g/mol. The zero-order valence-electron chi connectivity index (χ0n) is 14.8. The lowest BCUT2D eigenvalue weighted by atomic mass is 10.2. The molecule has 1 aromatic carbocycles. The molecular formula is C19H24N4O3. The zero-order valence-corrected chi connectivity index (χ0v) is 14.8. The van der Waals surface area contributed by atoms with Gasteiger partial charge >= 0.3 is 0 Å². The van der Waals surface area contributed by atoms with Crippen molar-refractivity contribution in [2.45, 2.75) is 25.5 Å². The Kier molecular flexibility index (Phi) is 5.91. The van der Waals surface area contributed by atoms with Crippen LogP contribution >= 0.6 is 0 Å². The van der Waals surface area contributed by atoms with E-state index in [-0.39, 0.29) is 18.5 Å². The maximum atomic E-state index is 12.3. The normalized spacial score (nSPS) is 18.8. The van der Waals surface area contributed by atoms with Crippen LogP contribution in [-0.4, -0.2) is 42.6 Å². The van der Waals surface area contributed by atoms with Crippen molar-refractivity contribution in [2.75, 3.05) is 24.5 Å². The number of guanidine groups is 1. The maximum absolute atomic E-state index is 12.3. The fraction of sp³-hybridized carbons (Fsp3) is 0.368. The molecule has 0 saturated carbocycles. The Hall–Kier alpha value is -2.80. The highest BCUT2D eigenvalue weighted by Crippen LogP contribution is 2.21. The van der Waals surface area contributed by atoms with Crippen molar-refractivity contribution in [1.29, 1.82) is 0 Å². The second-order valence-corrected chi connectivity index (χ2v) is 6.14. The van der Waals surface area contributed by atoms with E-state index >= 15 is 0 Å². The highest BCUT2D eigenvalue weighted by molar-refractivity contribution is 5.97. The minimum Gasteiger partial charge on any atom is -0.467 e. The van der Waals surface area contributed by atoms with Gasteiger partial charge in [0.25, 0.3) is 0 Å². The molecule has 1 aromatic heterocycles. The number of aliphatic imine (C=N–C) groups is 1. The molecule has 3 rings (SSSR count). The fourth-order valence-electron chi connectivity index (χ4n) is 2.92. The Morgan fingerprint density at radius 3 is 2.85 bits per heavy atom. The Balaban J connectivity index is 1.61. The molecule has 7 heteroatoms. The number of anilines is 1. The molecule has 0 radical (unpaired) electrons. The summed E-state index contributed by atoms with van der Waals surface area (Å²) in [6.07, 6.45) is 1.13. The van der Waals surface area contributed by atoms with Gasteiger partial charge in [0.15, 0.2) is 5.96 Å². The van der Waals surface area contributed by atoms with Crippen LogP contribution in [0, 0.1) is 0 Å². The van der Waals surface area contributed by atoms with Gasteiger partial charge in [0, 0.05) is 25.2 Å². The molecule has 2 atom stereocenters. The summed E-state index contributed by atoms with van der Waals surface area (Å²) < 4.78 is 5.19. The van der Waals surface area contributed by atoms with E-state index in [1.54, 1.807) is 17.0 Å². The number of carbonyl (C=O) groups is 1. The van der Waals surface area contributed by atoms with Crippen LogP contribution in [0.5, 0.6) is 0 Å².